The maximum Gasteiger partial charge on any atom is 0.267 e. The van der Waals surface area contributed by atoms with Crippen LogP contribution in [0.5, 0.6) is 5.75 Å². The molecule has 0 heterocycles. The van der Waals surface area contributed by atoms with Gasteiger partial charge in [0.25, 0.3) is 5.91 Å². The number of amides is 1. The van der Waals surface area contributed by atoms with E-state index in [4.69, 9.17) is 27.9 Å². The standard InChI is InChI=1S/C19H17Cl2N3O2/c1-26-18-6-5-16(10-17(18)21)24-19(25)14(11-22)12-23-8-7-13-3-2-4-15(20)9-13/h2-6,9-10,12,23H,7-8H2,1H3,(H,24,25)/b14-12-. The Morgan fingerprint density at radius 3 is 2.73 bits per heavy atom. The Morgan fingerprint density at radius 2 is 2.08 bits per heavy atom. The summed E-state index contributed by atoms with van der Waals surface area (Å²) in [7, 11) is 1.51. The summed E-state index contributed by atoms with van der Waals surface area (Å²) < 4.78 is 5.06. The van der Waals surface area contributed by atoms with Gasteiger partial charge >= 0.3 is 0 Å². The first-order valence-corrected chi connectivity index (χ1v) is 8.52. The van der Waals surface area contributed by atoms with E-state index >= 15 is 0 Å². The van der Waals surface area contributed by atoms with Gasteiger partial charge in [-0.15, -0.1) is 0 Å². The second-order valence-electron chi connectivity index (χ2n) is 5.31. The molecular formula is C19H17Cl2N3O2. The number of nitriles is 1. The van der Waals surface area contributed by atoms with Crippen molar-refractivity contribution in [3.05, 3.63) is 69.8 Å². The average molecular weight is 390 g/mol. The van der Waals surface area contributed by atoms with E-state index in [-0.39, 0.29) is 5.57 Å². The molecule has 2 aromatic rings. The van der Waals surface area contributed by atoms with Gasteiger partial charge in [-0.05, 0) is 42.3 Å². The third kappa shape index (κ3) is 5.69. The molecule has 2 aromatic carbocycles. The van der Waals surface area contributed by atoms with Gasteiger partial charge in [0.05, 0.1) is 12.1 Å². The molecule has 0 bridgehead atoms. The van der Waals surface area contributed by atoms with Gasteiger partial charge in [0.15, 0.2) is 0 Å². The molecule has 7 heteroatoms. The zero-order chi connectivity index (χ0) is 18.9. The summed E-state index contributed by atoms with van der Waals surface area (Å²) in [5.41, 5.74) is 1.50. The van der Waals surface area contributed by atoms with E-state index in [1.54, 1.807) is 18.2 Å². The summed E-state index contributed by atoms with van der Waals surface area (Å²) in [5, 5.41) is 15.8. The SMILES string of the molecule is COc1ccc(NC(=O)/C(C#N)=C\NCCc2cccc(Cl)c2)cc1Cl. The lowest BCUT2D eigenvalue weighted by Crippen LogP contribution is -2.18. The van der Waals surface area contributed by atoms with Crippen LogP contribution in [0.2, 0.25) is 10.0 Å². The van der Waals surface area contributed by atoms with Crippen LogP contribution in [0.3, 0.4) is 0 Å². The molecule has 0 fully saturated rings. The van der Waals surface area contributed by atoms with Crippen molar-refractivity contribution in [1.82, 2.24) is 5.32 Å². The van der Waals surface area contributed by atoms with E-state index in [0.29, 0.717) is 34.4 Å². The number of nitrogens with zero attached hydrogens (tertiary/aromatic N) is 1. The van der Waals surface area contributed by atoms with Gasteiger partial charge in [0.1, 0.15) is 17.4 Å². The quantitative estimate of drug-likeness (QED) is 0.423. The molecule has 26 heavy (non-hydrogen) atoms. The van der Waals surface area contributed by atoms with Gasteiger partial charge in [-0.1, -0.05) is 35.3 Å². The minimum atomic E-state index is -0.524. The van der Waals surface area contributed by atoms with Crippen molar-refractivity contribution in [2.45, 2.75) is 6.42 Å². The minimum absolute atomic E-state index is 0.0389. The molecule has 5 nitrogen and oxygen atoms in total. The van der Waals surface area contributed by atoms with E-state index in [1.165, 1.54) is 13.3 Å². The smallest absolute Gasteiger partial charge is 0.267 e. The Morgan fingerprint density at radius 1 is 1.27 bits per heavy atom. The molecule has 2 N–H and O–H groups in total. The number of methoxy groups -OCH3 is 1. The fourth-order valence-corrected chi connectivity index (χ4v) is 2.64. The van der Waals surface area contributed by atoms with Crippen LogP contribution in [0, 0.1) is 11.3 Å². The summed E-state index contributed by atoms with van der Waals surface area (Å²) in [6, 6.07) is 14.2. The molecule has 0 aliphatic rings. The first kappa shape index (κ1) is 19.6. The minimum Gasteiger partial charge on any atom is -0.495 e. The summed E-state index contributed by atoms with van der Waals surface area (Å²) in [6.45, 7) is 0.563. The number of nitrogens with one attached hydrogen (secondary N) is 2. The normalized spacial score (nSPS) is 10.8. The van der Waals surface area contributed by atoms with Crippen LogP contribution in [-0.4, -0.2) is 19.6 Å². The number of rotatable bonds is 7. The maximum atomic E-state index is 12.2. The molecule has 1 amide bonds. The third-order valence-electron chi connectivity index (χ3n) is 3.47. The Hall–Kier alpha value is -2.68. The maximum absolute atomic E-state index is 12.2. The lowest BCUT2D eigenvalue weighted by Gasteiger charge is -2.08. The van der Waals surface area contributed by atoms with Gasteiger partial charge in [0.2, 0.25) is 0 Å². The van der Waals surface area contributed by atoms with Crippen molar-refractivity contribution < 1.29 is 9.53 Å². The Labute approximate surface area is 162 Å². The van der Waals surface area contributed by atoms with Crippen LogP contribution in [0.15, 0.2) is 54.2 Å². The molecule has 0 radical (unpaired) electrons. The zero-order valence-corrected chi connectivity index (χ0v) is 15.6. The van der Waals surface area contributed by atoms with E-state index in [0.717, 1.165) is 5.56 Å². The summed E-state index contributed by atoms with van der Waals surface area (Å²) in [5.74, 6) is -0.0209. The molecule has 0 aliphatic heterocycles. The van der Waals surface area contributed by atoms with Gasteiger partial charge in [0, 0.05) is 23.5 Å². The fourth-order valence-electron chi connectivity index (χ4n) is 2.17. The number of hydrogen-bond acceptors (Lipinski definition) is 4. The van der Waals surface area contributed by atoms with Gasteiger partial charge in [-0.25, -0.2) is 0 Å². The lowest BCUT2D eigenvalue weighted by molar-refractivity contribution is -0.112. The van der Waals surface area contributed by atoms with Crippen LogP contribution < -0.4 is 15.4 Å². The predicted molar refractivity (Wildman–Crippen MR) is 103 cm³/mol. The van der Waals surface area contributed by atoms with E-state index in [1.807, 2.05) is 30.3 Å². The predicted octanol–water partition coefficient (Wildman–Crippen LogP) is 4.18. The number of halogens is 2. The summed E-state index contributed by atoms with van der Waals surface area (Å²) in [4.78, 5) is 12.2. The summed E-state index contributed by atoms with van der Waals surface area (Å²) >= 11 is 12.0. The Bertz CT molecular complexity index is 860. The number of benzene rings is 2. The van der Waals surface area contributed by atoms with Crippen LogP contribution in [-0.2, 0) is 11.2 Å². The lowest BCUT2D eigenvalue weighted by atomic mass is 10.1. The van der Waals surface area contributed by atoms with Crippen LogP contribution in [0.25, 0.3) is 0 Å². The highest BCUT2D eigenvalue weighted by Crippen LogP contribution is 2.27. The number of hydrogen-bond donors (Lipinski definition) is 2. The second kappa shape index (κ2) is 9.71. The molecular weight excluding hydrogens is 373 g/mol. The molecule has 0 aliphatic carbocycles. The van der Waals surface area contributed by atoms with Gasteiger partial charge in [-0.2, -0.15) is 5.26 Å². The van der Waals surface area contributed by atoms with Crippen LogP contribution >= 0.6 is 23.2 Å². The average Bonchev–Trinajstić information content (AvgIpc) is 2.62. The number of carbonyl (C=O) groups is 1. The topological polar surface area (TPSA) is 74.1 Å². The molecule has 0 saturated carbocycles. The molecule has 134 valence electrons. The van der Waals surface area contributed by atoms with E-state index in [9.17, 15) is 10.1 Å². The molecule has 0 atom stereocenters. The van der Waals surface area contributed by atoms with Gasteiger partial charge in [-0.3, -0.25) is 4.79 Å². The highest BCUT2D eigenvalue weighted by Gasteiger charge is 2.10. The number of ether oxygens (including phenoxy) is 1. The first-order chi connectivity index (χ1) is 12.5. The van der Waals surface area contributed by atoms with Crippen molar-refractivity contribution in [2.24, 2.45) is 0 Å². The fraction of sp³-hybridized carbons (Fsp3) is 0.158. The zero-order valence-electron chi connectivity index (χ0n) is 14.1. The van der Waals surface area contributed by atoms with Crippen molar-refractivity contribution in [1.29, 1.82) is 5.26 Å². The van der Waals surface area contributed by atoms with Crippen LogP contribution in [0.4, 0.5) is 5.69 Å². The number of anilines is 1. The van der Waals surface area contributed by atoms with Crippen molar-refractivity contribution in [3.63, 3.8) is 0 Å². The second-order valence-corrected chi connectivity index (χ2v) is 6.15. The van der Waals surface area contributed by atoms with E-state index < -0.39 is 5.91 Å². The number of carbonyl (C=O) groups excluding carboxylic acids is 1. The Kier molecular flexibility index (Phi) is 7.34. The molecule has 0 spiro atoms. The highest BCUT2D eigenvalue weighted by atomic mass is 35.5. The highest BCUT2D eigenvalue weighted by molar-refractivity contribution is 6.32. The molecule has 2 rings (SSSR count). The van der Waals surface area contributed by atoms with E-state index in [2.05, 4.69) is 10.6 Å². The third-order valence-corrected chi connectivity index (χ3v) is 4.00. The molecule has 0 aromatic heterocycles. The molecule has 0 saturated heterocycles. The molecule has 0 unspecified atom stereocenters. The summed E-state index contributed by atoms with van der Waals surface area (Å²) in [6.07, 6.45) is 2.11. The van der Waals surface area contributed by atoms with Gasteiger partial charge < -0.3 is 15.4 Å². The largest absolute Gasteiger partial charge is 0.495 e. The Balaban J connectivity index is 1.92. The first-order valence-electron chi connectivity index (χ1n) is 7.76. The van der Waals surface area contributed by atoms with Crippen LogP contribution in [0.1, 0.15) is 5.56 Å². The van der Waals surface area contributed by atoms with Crippen molar-refractivity contribution in [2.75, 3.05) is 19.0 Å². The van der Waals surface area contributed by atoms with Crippen molar-refractivity contribution in [3.8, 4) is 11.8 Å². The van der Waals surface area contributed by atoms with Crippen molar-refractivity contribution >= 4 is 34.8 Å². The monoisotopic (exact) mass is 389 g/mol.